The maximum Gasteiger partial charge on any atom is 0.225 e. The van der Waals surface area contributed by atoms with Gasteiger partial charge in [-0.25, -0.2) is 9.97 Å². The first-order chi connectivity index (χ1) is 9.83. The summed E-state index contributed by atoms with van der Waals surface area (Å²) >= 11 is 1.71. The molecule has 0 amide bonds. The van der Waals surface area contributed by atoms with Crippen LogP contribution in [0.2, 0.25) is 0 Å². The molecule has 2 aromatic rings. The Hall–Kier alpha value is -1.66. The first-order valence-electron chi connectivity index (χ1n) is 6.90. The lowest BCUT2D eigenvalue weighted by Gasteiger charge is -2.33. The second-order valence-electron chi connectivity index (χ2n) is 5.01. The van der Waals surface area contributed by atoms with E-state index in [1.54, 1.807) is 23.7 Å². The smallest absolute Gasteiger partial charge is 0.225 e. The molecule has 1 fully saturated rings. The quantitative estimate of drug-likeness (QED) is 0.899. The van der Waals surface area contributed by atoms with E-state index in [9.17, 15) is 0 Å². The van der Waals surface area contributed by atoms with Crippen LogP contribution in [0.25, 0.3) is 0 Å². The number of nitrogen functional groups attached to an aromatic ring is 1. The minimum absolute atomic E-state index is 0.467. The standard InChI is InChI=1S/C14H19N5S/c15-12-4-8-20-13(12)9-18-11-3-1-7-19(10-11)14-16-5-2-6-17-14/h2,4-6,8,11,18H,1,3,7,9-10,15H2. The normalized spacial score (nSPS) is 19.2. The first-order valence-corrected chi connectivity index (χ1v) is 7.78. The predicted molar refractivity (Wildman–Crippen MR) is 82.8 cm³/mol. The lowest BCUT2D eigenvalue weighted by molar-refractivity contribution is 0.419. The maximum absolute atomic E-state index is 5.91. The highest BCUT2D eigenvalue weighted by atomic mass is 32.1. The molecule has 3 rings (SSSR count). The van der Waals surface area contributed by atoms with Gasteiger partial charge in [0.25, 0.3) is 0 Å². The van der Waals surface area contributed by atoms with Crippen LogP contribution in [-0.4, -0.2) is 29.1 Å². The molecule has 20 heavy (non-hydrogen) atoms. The van der Waals surface area contributed by atoms with Crippen LogP contribution < -0.4 is 16.0 Å². The molecule has 3 heterocycles. The Bertz CT molecular complexity index is 542. The Morgan fingerprint density at radius 2 is 2.25 bits per heavy atom. The zero-order valence-corrected chi connectivity index (χ0v) is 12.1. The average molecular weight is 289 g/mol. The summed E-state index contributed by atoms with van der Waals surface area (Å²) in [5, 5.41) is 5.64. The molecule has 1 aliphatic heterocycles. The number of hydrogen-bond acceptors (Lipinski definition) is 6. The monoisotopic (exact) mass is 289 g/mol. The molecule has 0 radical (unpaired) electrons. The average Bonchev–Trinajstić information content (AvgIpc) is 2.92. The highest BCUT2D eigenvalue weighted by Crippen LogP contribution is 2.20. The van der Waals surface area contributed by atoms with Gasteiger partial charge in [0.2, 0.25) is 5.95 Å². The summed E-state index contributed by atoms with van der Waals surface area (Å²) in [6.07, 6.45) is 5.95. The SMILES string of the molecule is Nc1ccsc1CNC1CCCN(c2ncccn2)C1. The summed E-state index contributed by atoms with van der Waals surface area (Å²) in [6.45, 7) is 2.83. The van der Waals surface area contributed by atoms with E-state index in [2.05, 4.69) is 20.2 Å². The number of nitrogens with one attached hydrogen (secondary N) is 1. The minimum atomic E-state index is 0.467. The molecule has 0 bridgehead atoms. The molecule has 1 saturated heterocycles. The van der Waals surface area contributed by atoms with Crippen LogP contribution in [0.4, 0.5) is 11.6 Å². The number of hydrogen-bond donors (Lipinski definition) is 2. The number of nitrogens with zero attached hydrogens (tertiary/aromatic N) is 3. The molecule has 2 aromatic heterocycles. The topological polar surface area (TPSA) is 67.1 Å². The third kappa shape index (κ3) is 3.08. The molecule has 5 nitrogen and oxygen atoms in total. The number of piperidine rings is 1. The molecule has 0 spiro atoms. The van der Waals surface area contributed by atoms with E-state index < -0.39 is 0 Å². The fourth-order valence-corrected chi connectivity index (χ4v) is 3.26. The molecule has 6 heteroatoms. The van der Waals surface area contributed by atoms with Crippen molar-refractivity contribution < 1.29 is 0 Å². The van der Waals surface area contributed by atoms with Gasteiger partial charge in [-0.1, -0.05) is 0 Å². The van der Waals surface area contributed by atoms with Crippen LogP contribution in [0.15, 0.2) is 29.9 Å². The molecule has 1 aliphatic rings. The Morgan fingerprint density at radius 3 is 3.00 bits per heavy atom. The van der Waals surface area contributed by atoms with Crippen molar-refractivity contribution >= 4 is 23.0 Å². The van der Waals surface area contributed by atoms with Crippen molar-refractivity contribution in [3.8, 4) is 0 Å². The number of thiophene rings is 1. The molecular formula is C14H19N5S. The zero-order valence-electron chi connectivity index (χ0n) is 11.3. The van der Waals surface area contributed by atoms with Gasteiger partial charge in [0.05, 0.1) is 0 Å². The summed E-state index contributed by atoms with van der Waals surface area (Å²) < 4.78 is 0. The van der Waals surface area contributed by atoms with Crippen molar-refractivity contribution in [2.75, 3.05) is 23.7 Å². The predicted octanol–water partition coefficient (Wildman–Crippen LogP) is 1.88. The van der Waals surface area contributed by atoms with Gasteiger partial charge in [-0.2, -0.15) is 0 Å². The molecule has 106 valence electrons. The first kappa shape index (κ1) is 13.3. The van der Waals surface area contributed by atoms with E-state index in [-0.39, 0.29) is 0 Å². The molecule has 1 unspecified atom stereocenters. The number of anilines is 2. The number of rotatable bonds is 4. The van der Waals surface area contributed by atoms with E-state index in [4.69, 9.17) is 5.73 Å². The fraction of sp³-hybridized carbons (Fsp3) is 0.429. The van der Waals surface area contributed by atoms with Crippen molar-refractivity contribution in [3.63, 3.8) is 0 Å². The Morgan fingerprint density at radius 1 is 1.40 bits per heavy atom. The van der Waals surface area contributed by atoms with Crippen molar-refractivity contribution in [3.05, 3.63) is 34.8 Å². The van der Waals surface area contributed by atoms with E-state index in [1.807, 2.05) is 17.5 Å². The summed E-state index contributed by atoms with van der Waals surface area (Å²) in [6, 6.07) is 4.28. The number of aromatic nitrogens is 2. The van der Waals surface area contributed by atoms with Gasteiger partial charge in [0.1, 0.15) is 0 Å². The third-order valence-electron chi connectivity index (χ3n) is 3.59. The van der Waals surface area contributed by atoms with Gasteiger partial charge < -0.3 is 16.0 Å². The zero-order chi connectivity index (χ0) is 13.8. The molecule has 0 aromatic carbocycles. The molecule has 0 saturated carbocycles. The van der Waals surface area contributed by atoms with Gasteiger partial charge in [0, 0.05) is 48.6 Å². The second kappa shape index (κ2) is 6.19. The van der Waals surface area contributed by atoms with Gasteiger partial charge in [-0.05, 0) is 30.4 Å². The van der Waals surface area contributed by atoms with Crippen LogP contribution in [-0.2, 0) is 6.54 Å². The maximum atomic E-state index is 5.91. The number of nitrogens with two attached hydrogens (primary N) is 1. The fourth-order valence-electron chi connectivity index (χ4n) is 2.51. The molecule has 3 N–H and O–H groups in total. The third-order valence-corrected chi connectivity index (χ3v) is 4.52. The Kier molecular flexibility index (Phi) is 4.13. The van der Waals surface area contributed by atoms with Gasteiger partial charge in [-0.3, -0.25) is 0 Å². The molecule has 0 aliphatic carbocycles. The van der Waals surface area contributed by atoms with Crippen LogP contribution in [0.3, 0.4) is 0 Å². The van der Waals surface area contributed by atoms with Crippen molar-refractivity contribution in [1.29, 1.82) is 0 Å². The van der Waals surface area contributed by atoms with Crippen molar-refractivity contribution in [2.45, 2.75) is 25.4 Å². The lowest BCUT2D eigenvalue weighted by atomic mass is 10.1. The minimum Gasteiger partial charge on any atom is -0.398 e. The van der Waals surface area contributed by atoms with Gasteiger partial charge in [-0.15, -0.1) is 11.3 Å². The van der Waals surface area contributed by atoms with E-state index in [0.29, 0.717) is 6.04 Å². The van der Waals surface area contributed by atoms with E-state index in [1.165, 1.54) is 11.3 Å². The van der Waals surface area contributed by atoms with Gasteiger partial charge >= 0.3 is 0 Å². The highest BCUT2D eigenvalue weighted by molar-refractivity contribution is 7.10. The summed E-state index contributed by atoms with van der Waals surface area (Å²) in [7, 11) is 0. The van der Waals surface area contributed by atoms with Gasteiger partial charge in [0.15, 0.2) is 0 Å². The summed E-state index contributed by atoms with van der Waals surface area (Å²) in [5.74, 6) is 0.828. The van der Waals surface area contributed by atoms with Crippen LogP contribution >= 0.6 is 11.3 Å². The summed E-state index contributed by atoms with van der Waals surface area (Å²) in [5.41, 5.74) is 6.80. The summed E-state index contributed by atoms with van der Waals surface area (Å²) in [4.78, 5) is 12.1. The second-order valence-corrected chi connectivity index (χ2v) is 6.01. The van der Waals surface area contributed by atoms with Crippen molar-refractivity contribution in [2.24, 2.45) is 0 Å². The van der Waals surface area contributed by atoms with E-state index >= 15 is 0 Å². The lowest BCUT2D eigenvalue weighted by Crippen LogP contribution is -2.46. The van der Waals surface area contributed by atoms with Crippen LogP contribution in [0, 0.1) is 0 Å². The Labute approximate surface area is 122 Å². The largest absolute Gasteiger partial charge is 0.398 e. The molecule has 1 atom stereocenters. The Balaban J connectivity index is 1.57. The van der Waals surface area contributed by atoms with Crippen LogP contribution in [0.5, 0.6) is 0 Å². The van der Waals surface area contributed by atoms with Crippen molar-refractivity contribution in [1.82, 2.24) is 15.3 Å². The van der Waals surface area contributed by atoms with Crippen LogP contribution in [0.1, 0.15) is 17.7 Å². The highest BCUT2D eigenvalue weighted by Gasteiger charge is 2.21. The van der Waals surface area contributed by atoms with E-state index in [0.717, 1.165) is 37.7 Å². The molecular weight excluding hydrogens is 270 g/mol.